The molecule has 1 saturated carbocycles. The van der Waals surface area contributed by atoms with Gasteiger partial charge in [0.05, 0.1) is 11.2 Å². The van der Waals surface area contributed by atoms with Crippen LogP contribution in [-0.2, 0) is 0 Å². The number of anilines is 1. The first-order valence-electron chi connectivity index (χ1n) is 4.98. The van der Waals surface area contributed by atoms with Gasteiger partial charge in [-0.05, 0) is 12.8 Å². The number of aromatic nitrogens is 2. The largest absolute Gasteiger partial charge is 0.296 e. The van der Waals surface area contributed by atoms with Crippen LogP contribution in [0.1, 0.15) is 34.9 Å². The van der Waals surface area contributed by atoms with Gasteiger partial charge in [0.25, 0.3) is 5.91 Å². The molecule has 0 radical (unpaired) electrons. The van der Waals surface area contributed by atoms with Crippen LogP contribution in [0.3, 0.4) is 0 Å². The molecule has 1 fully saturated rings. The second-order valence-electron chi connectivity index (χ2n) is 3.68. The molecular weight excluding hydrogens is 242 g/mol. The van der Waals surface area contributed by atoms with Crippen molar-refractivity contribution >= 4 is 33.7 Å². The summed E-state index contributed by atoms with van der Waals surface area (Å²) >= 11 is 2.89. The van der Waals surface area contributed by atoms with Gasteiger partial charge < -0.3 is 0 Å². The van der Waals surface area contributed by atoms with E-state index in [1.807, 2.05) is 5.38 Å². The molecule has 16 heavy (non-hydrogen) atoms. The Morgan fingerprint density at radius 2 is 2.31 bits per heavy atom. The monoisotopic (exact) mass is 251 g/mol. The van der Waals surface area contributed by atoms with Gasteiger partial charge in [0.15, 0.2) is 5.13 Å². The van der Waals surface area contributed by atoms with E-state index in [1.54, 1.807) is 10.9 Å². The van der Waals surface area contributed by atoms with Gasteiger partial charge in [0.1, 0.15) is 5.69 Å². The van der Waals surface area contributed by atoms with Gasteiger partial charge in [-0.25, -0.2) is 9.97 Å². The molecule has 0 bridgehead atoms. The van der Waals surface area contributed by atoms with Crippen molar-refractivity contribution < 1.29 is 4.79 Å². The lowest BCUT2D eigenvalue weighted by atomic mass is 10.3. The van der Waals surface area contributed by atoms with Crippen molar-refractivity contribution in [3.8, 4) is 0 Å². The number of hydrogen-bond donors (Lipinski definition) is 1. The third-order valence-corrected chi connectivity index (χ3v) is 3.77. The summed E-state index contributed by atoms with van der Waals surface area (Å²) in [5.41, 5.74) is 3.21. The van der Waals surface area contributed by atoms with Crippen molar-refractivity contribution in [3.63, 3.8) is 0 Å². The Morgan fingerprint density at radius 1 is 1.44 bits per heavy atom. The number of amides is 1. The molecule has 82 valence electrons. The van der Waals surface area contributed by atoms with E-state index in [9.17, 15) is 4.79 Å². The number of hydrogen-bond acceptors (Lipinski definition) is 5. The minimum atomic E-state index is -0.182. The second kappa shape index (κ2) is 3.95. The topological polar surface area (TPSA) is 54.9 Å². The zero-order chi connectivity index (χ0) is 11.0. The van der Waals surface area contributed by atoms with Crippen molar-refractivity contribution in [2.75, 3.05) is 5.32 Å². The van der Waals surface area contributed by atoms with Gasteiger partial charge in [-0.15, -0.1) is 22.7 Å². The fourth-order valence-electron chi connectivity index (χ4n) is 1.40. The Bertz CT molecular complexity index is 502. The molecule has 0 spiro atoms. The molecule has 0 atom stereocenters. The van der Waals surface area contributed by atoms with Crippen molar-refractivity contribution in [2.45, 2.75) is 18.8 Å². The summed E-state index contributed by atoms with van der Waals surface area (Å²) in [6.45, 7) is 0. The predicted molar refractivity (Wildman–Crippen MR) is 64.2 cm³/mol. The Balaban J connectivity index is 1.71. The maximum absolute atomic E-state index is 11.7. The number of carbonyl (C=O) groups is 1. The normalized spacial score (nSPS) is 15.0. The SMILES string of the molecule is O=C(Nc1nc(C2CC2)cs1)c1cscn1. The van der Waals surface area contributed by atoms with E-state index in [-0.39, 0.29) is 5.91 Å². The van der Waals surface area contributed by atoms with E-state index in [0.29, 0.717) is 16.7 Å². The van der Waals surface area contributed by atoms with Gasteiger partial charge in [-0.1, -0.05) is 0 Å². The average molecular weight is 251 g/mol. The summed E-state index contributed by atoms with van der Waals surface area (Å²) in [4.78, 5) is 20.0. The molecule has 2 aromatic rings. The maximum atomic E-state index is 11.7. The molecule has 1 N–H and O–H groups in total. The number of nitrogens with zero attached hydrogens (tertiary/aromatic N) is 2. The van der Waals surface area contributed by atoms with E-state index < -0.39 is 0 Å². The molecule has 6 heteroatoms. The Kier molecular flexibility index (Phi) is 2.45. The molecular formula is C10H9N3OS2. The molecule has 0 aromatic carbocycles. The molecule has 1 aliphatic rings. The predicted octanol–water partition coefficient (Wildman–Crippen LogP) is 2.73. The fraction of sp³-hybridized carbons (Fsp3) is 0.300. The Labute approximate surface area is 100 Å². The molecule has 1 amide bonds. The van der Waals surface area contributed by atoms with Crippen molar-refractivity contribution in [2.24, 2.45) is 0 Å². The molecule has 4 nitrogen and oxygen atoms in total. The third-order valence-electron chi connectivity index (χ3n) is 2.40. The van der Waals surface area contributed by atoms with E-state index in [2.05, 4.69) is 15.3 Å². The third kappa shape index (κ3) is 1.98. The molecule has 0 unspecified atom stereocenters. The molecule has 0 aliphatic heterocycles. The first-order chi connectivity index (χ1) is 7.83. The van der Waals surface area contributed by atoms with Gasteiger partial charge in [0, 0.05) is 16.7 Å². The summed E-state index contributed by atoms with van der Waals surface area (Å²) in [6, 6.07) is 0. The number of carbonyl (C=O) groups excluding carboxylic acids is 1. The molecule has 1 aliphatic carbocycles. The van der Waals surface area contributed by atoms with E-state index >= 15 is 0 Å². The average Bonchev–Trinajstić information content (AvgIpc) is 2.82. The van der Waals surface area contributed by atoms with Crippen LogP contribution >= 0.6 is 22.7 Å². The van der Waals surface area contributed by atoms with Gasteiger partial charge in [-0.2, -0.15) is 0 Å². The highest BCUT2D eigenvalue weighted by molar-refractivity contribution is 7.14. The Hall–Kier alpha value is -1.27. The zero-order valence-electron chi connectivity index (χ0n) is 8.34. The summed E-state index contributed by atoms with van der Waals surface area (Å²) in [7, 11) is 0. The van der Waals surface area contributed by atoms with E-state index in [1.165, 1.54) is 35.5 Å². The number of nitrogens with one attached hydrogen (secondary N) is 1. The van der Waals surface area contributed by atoms with Crippen LogP contribution in [-0.4, -0.2) is 15.9 Å². The smallest absolute Gasteiger partial charge is 0.276 e. The van der Waals surface area contributed by atoms with E-state index in [0.717, 1.165) is 5.69 Å². The zero-order valence-corrected chi connectivity index (χ0v) is 9.98. The van der Waals surface area contributed by atoms with Gasteiger partial charge >= 0.3 is 0 Å². The van der Waals surface area contributed by atoms with Crippen molar-refractivity contribution in [3.05, 3.63) is 27.7 Å². The number of thiazole rings is 2. The lowest BCUT2D eigenvalue weighted by Crippen LogP contribution is -2.11. The number of rotatable bonds is 3. The highest BCUT2D eigenvalue weighted by Gasteiger charge is 2.26. The van der Waals surface area contributed by atoms with Crippen LogP contribution in [0.25, 0.3) is 0 Å². The summed E-state index contributed by atoms with van der Waals surface area (Å²) < 4.78 is 0. The first kappa shape index (κ1) is 9.92. The maximum Gasteiger partial charge on any atom is 0.276 e. The standard InChI is InChI=1S/C10H9N3OS2/c14-9(8-3-15-5-11-8)13-10-12-7(4-16-10)6-1-2-6/h3-6H,1-2H2,(H,12,13,14). The molecule has 3 rings (SSSR count). The van der Waals surface area contributed by atoms with Crippen molar-refractivity contribution in [1.29, 1.82) is 0 Å². The summed E-state index contributed by atoms with van der Waals surface area (Å²) in [5.74, 6) is 0.444. The highest BCUT2D eigenvalue weighted by Crippen LogP contribution is 2.40. The summed E-state index contributed by atoms with van der Waals surface area (Å²) in [6.07, 6.45) is 2.45. The van der Waals surface area contributed by atoms with Gasteiger partial charge in [-0.3, -0.25) is 10.1 Å². The first-order valence-corrected chi connectivity index (χ1v) is 6.80. The van der Waals surface area contributed by atoms with Gasteiger partial charge in [0.2, 0.25) is 0 Å². The minimum Gasteiger partial charge on any atom is -0.296 e. The lowest BCUT2D eigenvalue weighted by Gasteiger charge is -1.96. The molecule has 0 saturated heterocycles. The molecule has 2 heterocycles. The molecule has 2 aromatic heterocycles. The van der Waals surface area contributed by atoms with Crippen LogP contribution < -0.4 is 5.32 Å². The Morgan fingerprint density at radius 3 is 3.00 bits per heavy atom. The summed E-state index contributed by atoms with van der Waals surface area (Å²) in [5, 5.41) is 7.18. The fourth-order valence-corrected chi connectivity index (χ4v) is 2.72. The van der Waals surface area contributed by atoms with Crippen LogP contribution in [0.5, 0.6) is 0 Å². The lowest BCUT2D eigenvalue weighted by molar-refractivity contribution is 0.102. The quantitative estimate of drug-likeness (QED) is 0.912. The second-order valence-corrected chi connectivity index (χ2v) is 5.26. The minimum absolute atomic E-state index is 0.182. The van der Waals surface area contributed by atoms with Crippen LogP contribution in [0, 0.1) is 0 Å². The van der Waals surface area contributed by atoms with Crippen molar-refractivity contribution in [1.82, 2.24) is 9.97 Å². The van der Waals surface area contributed by atoms with E-state index in [4.69, 9.17) is 0 Å². The van der Waals surface area contributed by atoms with Crippen LogP contribution in [0.4, 0.5) is 5.13 Å². The van der Waals surface area contributed by atoms with Crippen LogP contribution in [0.2, 0.25) is 0 Å². The highest BCUT2D eigenvalue weighted by atomic mass is 32.1. The van der Waals surface area contributed by atoms with Crippen LogP contribution in [0.15, 0.2) is 16.3 Å².